The summed E-state index contributed by atoms with van der Waals surface area (Å²) in [7, 11) is 0. The van der Waals surface area contributed by atoms with Gasteiger partial charge in [0, 0.05) is 12.8 Å². The molecule has 0 aromatic carbocycles. The largest absolute Gasteiger partial charge is 0.481 e. The number of carboxylic acids is 2. The fourth-order valence-corrected chi connectivity index (χ4v) is 2.51. The highest BCUT2D eigenvalue weighted by Crippen LogP contribution is 2.19. The topological polar surface area (TPSA) is 74.6 Å². The average Bonchev–Trinajstić information content (AvgIpc) is 2.35. The normalized spacial score (nSPS) is 10.9. The summed E-state index contributed by atoms with van der Waals surface area (Å²) in [4.78, 5) is 21.3. The first-order chi connectivity index (χ1) is 9.56. The number of hydrogen-bond acceptors (Lipinski definition) is 2. The molecule has 0 radical (unpaired) electrons. The molecule has 0 rings (SSSR count). The van der Waals surface area contributed by atoms with E-state index in [1.807, 2.05) is 0 Å². The van der Waals surface area contributed by atoms with Gasteiger partial charge in [-0.3, -0.25) is 9.59 Å². The highest BCUT2D eigenvalue weighted by molar-refractivity contribution is 5.70. The Balaban J connectivity index is 3.53. The second-order valence-corrected chi connectivity index (χ2v) is 5.68. The number of carboxylic acid groups (broad SMARTS) is 2. The molecule has 0 bridgehead atoms. The molecule has 2 N–H and O–H groups in total. The Morgan fingerprint density at radius 3 is 1.55 bits per heavy atom. The highest BCUT2D eigenvalue weighted by atomic mass is 16.4. The summed E-state index contributed by atoms with van der Waals surface area (Å²) in [6, 6.07) is 0. The molecule has 0 aliphatic rings. The van der Waals surface area contributed by atoms with Gasteiger partial charge in [0.25, 0.3) is 0 Å². The Bertz CT molecular complexity index is 247. The molecule has 118 valence electrons. The third-order valence-corrected chi connectivity index (χ3v) is 3.64. The number of hydrogen-bond donors (Lipinski definition) is 2. The Kier molecular flexibility index (Phi) is 12.3. The fourth-order valence-electron chi connectivity index (χ4n) is 2.51. The first kappa shape index (κ1) is 18.9. The van der Waals surface area contributed by atoms with Gasteiger partial charge in [-0.25, -0.2) is 0 Å². The summed E-state index contributed by atoms with van der Waals surface area (Å²) in [6.07, 6.45) is 11.6. The van der Waals surface area contributed by atoms with Crippen molar-refractivity contribution in [1.82, 2.24) is 0 Å². The third kappa shape index (κ3) is 13.4. The predicted molar refractivity (Wildman–Crippen MR) is 79.8 cm³/mol. The van der Waals surface area contributed by atoms with Gasteiger partial charge < -0.3 is 10.2 Å². The van der Waals surface area contributed by atoms with E-state index in [9.17, 15) is 9.59 Å². The Morgan fingerprint density at radius 1 is 0.750 bits per heavy atom. The Morgan fingerprint density at radius 2 is 1.15 bits per heavy atom. The molecule has 0 aliphatic heterocycles. The van der Waals surface area contributed by atoms with Gasteiger partial charge in [0.15, 0.2) is 0 Å². The van der Waals surface area contributed by atoms with Crippen LogP contribution in [0, 0.1) is 5.92 Å². The van der Waals surface area contributed by atoms with Crippen LogP contribution in [0.3, 0.4) is 0 Å². The van der Waals surface area contributed by atoms with E-state index < -0.39 is 11.9 Å². The van der Waals surface area contributed by atoms with Gasteiger partial charge in [-0.05, 0) is 12.3 Å². The zero-order chi connectivity index (χ0) is 15.2. The molecule has 0 saturated heterocycles. The lowest BCUT2D eigenvalue weighted by atomic mass is 9.94. The molecule has 0 heterocycles. The van der Waals surface area contributed by atoms with Gasteiger partial charge in [-0.2, -0.15) is 0 Å². The quantitative estimate of drug-likeness (QED) is 0.462. The summed E-state index contributed by atoms with van der Waals surface area (Å²) < 4.78 is 0. The van der Waals surface area contributed by atoms with Crippen LogP contribution in [0.15, 0.2) is 0 Å². The molecule has 0 fully saturated rings. The van der Waals surface area contributed by atoms with Crippen molar-refractivity contribution in [2.45, 2.75) is 84.0 Å². The maximum absolute atomic E-state index is 10.7. The zero-order valence-electron chi connectivity index (χ0n) is 12.8. The van der Waals surface area contributed by atoms with Gasteiger partial charge in [0.2, 0.25) is 0 Å². The van der Waals surface area contributed by atoms with Crippen LogP contribution in [-0.2, 0) is 9.59 Å². The second-order valence-electron chi connectivity index (χ2n) is 5.68. The monoisotopic (exact) mass is 286 g/mol. The molecule has 0 aromatic rings. The van der Waals surface area contributed by atoms with E-state index >= 15 is 0 Å². The van der Waals surface area contributed by atoms with Crippen LogP contribution < -0.4 is 0 Å². The van der Waals surface area contributed by atoms with E-state index in [4.69, 9.17) is 10.2 Å². The lowest BCUT2D eigenvalue weighted by Gasteiger charge is -2.11. The predicted octanol–water partition coefficient (Wildman–Crippen LogP) is 4.47. The summed E-state index contributed by atoms with van der Waals surface area (Å²) in [6.45, 7) is 2.21. The summed E-state index contributed by atoms with van der Waals surface area (Å²) in [5.41, 5.74) is 0. The van der Waals surface area contributed by atoms with Crippen LogP contribution in [-0.4, -0.2) is 22.2 Å². The van der Waals surface area contributed by atoms with E-state index in [1.54, 1.807) is 0 Å². The van der Waals surface area contributed by atoms with Gasteiger partial charge in [0.1, 0.15) is 0 Å². The van der Waals surface area contributed by atoms with E-state index in [-0.39, 0.29) is 18.8 Å². The fraction of sp³-hybridized carbons (Fsp3) is 0.875. The minimum absolute atomic E-state index is 0.0245. The van der Waals surface area contributed by atoms with Crippen molar-refractivity contribution in [3.05, 3.63) is 0 Å². The standard InChI is InChI=1S/C16H30O4/c1-2-3-4-5-6-7-8-9-10-11-14(12-15(17)18)13-16(19)20/h14H,2-13H2,1H3,(H,17,18)(H,19,20). The average molecular weight is 286 g/mol. The van der Waals surface area contributed by atoms with Crippen LogP contribution >= 0.6 is 0 Å². The second kappa shape index (κ2) is 12.9. The number of unbranched alkanes of at least 4 members (excludes halogenated alkanes) is 8. The molecule has 0 spiro atoms. The van der Waals surface area contributed by atoms with E-state index in [0.29, 0.717) is 6.42 Å². The lowest BCUT2D eigenvalue weighted by molar-refractivity contribution is -0.140. The Labute approximate surface area is 122 Å². The highest BCUT2D eigenvalue weighted by Gasteiger charge is 2.16. The minimum Gasteiger partial charge on any atom is -0.481 e. The molecule has 20 heavy (non-hydrogen) atoms. The molecule has 0 atom stereocenters. The van der Waals surface area contributed by atoms with Crippen molar-refractivity contribution in [2.75, 3.05) is 0 Å². The maximum Gasteiger partial charge on any atom is 0.303 e. The van der Waals surface area contributed by atoms with Crippen molar-refractivity contribution in [3.63, 3.8) is 0 Å². The first-order valence-corrected chi connectivity index (χ1v) is 7.99. The van der Waals surface area contributed by atoms with Crippen LogP contribution in [0.2, 0.25) is 0 Å². The molecule has 0 amide bonds. The third-order valence-electron chi connectivity index (χ3n) is 3.64. The molecular weight excluding hydrogens is 256 g/mol. The van der Waals surface area contributed by atoms with Crippen LogP contribution in [0.25, 0.3) is 0 Å². The Hall–Kier alpha value is -1.06. The first-order valence-electron chi connectivity index (χ1n) is 7.99. The minimum atomic E-state index is -0.896. The molecule has 0 aliphatic carbocycles. The SMILES string of the molecule is CCCCCCCCCCCC(CC(=O)O)CC(=O)O. The maximum atomic E-state index is 10.7. The summed E-state index contributed by atoms with van der Waals surface area (Å²) in [5.74, 6) is -2.01. The van der Waals surface area contributed by atoms with E-state index in [1.165, 1.54) is 44.9 Å². The number of aliphatic carboxylic acids is 2. The van der Waals surface area contributed by atoms with Crippen molar-refractivity contribution >= 4 is 11.9 Å². The van der Waals surface area contributed by atoms with Crippen LogP contribution in [0.4, 0.5) is 0 Å². The van der Waals surface area contributed by atoms with Gasteiger partial charge in [-0.1, -0.05) is 64.7 Å². The van der Waals surface area contributed by atoms with Crippen molar-refractivity contribution in [1.29, 1.82) is 0 Å². The van der Waals surface area contributed by atoms with Gasteiger partial charge in [0.05, 0.1) is 0 Å². The lowest BCUT2D eigenvalue weighted by Crippen LogP contribution is -2.12. The zero-order valence-corrected chi connectivity index (χ0v) is 12.8. The van der Waals surface area contributed by atoms with Crippen molar-refractivity contribution in [2.24, 2.45) is 5.92 Å². The number of rotatable bonds is 14. The number of carbonyl (C=O) groups is 2. The van der Waals surface area contributed by atoms with E-state index in [2.05, 4.69) is 6.92 Å². The van der Waals surface area contributed by atoms with Gasteiger partial charge >= 0.3 is 11.9 Å². The van der Waals surface area contributed by atoms with Crippen molar-refractivity contribution < 1.29 is 19.8 Å². The van der Waals surface area contributed by atoms with Crippen molar-refractivity contribution in [3.8, 4) is 0 Å². The molecular formula is C16H30O4. The molecule has 0 saturated carbocycles. The summed E-state index contributed by atoms with van der Waals surface area (Å²) >= 11 is 0. The molecule has 4 heteroatoms. The smallest absolute Gasteiger partial charge is 0.303 e. The van der Waals surface area contributed by atoms with E-state index in [0.717, 1.165) is 12.8 Å². The van der Waals surface area contributed by atoms with Crippen LogP contribution in [0.1, 0.15) is 84.0 Å². The van der Waals surface area contributed by atoms with Crippen LogP contribution in [0.5, 0.6) is 0 Å². The molecule has 0 unspecified atom stereocenters. The summed E-state index contributed by atoms with van der Waals surface area (Å²) in [5, 5.41) is 17.5. The molecule has 4 nitrogen and oxygen atoms in total. The molecule has 0 aromatic heterocycles. The van der Waals surface area contributed by atoms with Gasteiger partial charge in [-0.15, -0.1) is 0 Å².